The number of nitrogens with one attached hydrogen (secondary N) is 1. The minimum Gasteiger partial charge on any atom is -0.492 e. The van der Waals surface area contributed by atoms with Gasteiger partial charge in [-0.1, -0.05) is 41.0 Å². The van der Waals surface area contributed by atoms with E-state index in [4.69, 9.17) is 27.9 Å². The predicted octanol–water partition coefficient (Wildman–Crippen LogP) is 4.15. The average molecular weight is 441 g/mol. The molecule has 1 amide bonds. The quantitative estimate of drug-likeness (QED) is 0.322. The Kier molecular flexibility index (Phi) is 7.65. The van der Waals surface area contributed by atoms with Gasteiger partial charge >= 0.3 is 0 Å². The molecule has 0 aliphatic heterocycles. The summed E-state index contributed by atoms with van der Waals surface area (Å²) < 4.78 is 7.70. The molecule has 1 N–H and O–H groups in total. The first kappa shape index (κ1) is 21.0. The van der Waals surface area contributed by atoms with Gasteiger partial charge in [0.15, 0.2) is 5.16 Å². The van der Waals surface area contributed by atoms with Crippen LogP contribution in [0.2, 0.25) is 10.0 Å². The molecule has 2 aromatic rings. The van der Waals surface area contributed by atoms with Gasteiger partial charge in [-0.2, -0.15) is 0 Å². The Labute approximate surface area is 178 Å². The van der Waals surface area contributed by atoms with E-state index in [1.807, 2.05) is 4.57 Å². The lowest BCUT2D eigenvalue weighted by molar-refractivity contribution is -0.118. The van der Waals surface area contributed by atoms with Crippen LogP contribution < -0.4 is 10.1 Å². The van der Waals surface area contributed by atoms with Gasteiger partial charge in [-0.15, -0.1) is 16.8 Å². The zero-order valence-corrected chi connectivity index (χ0v) is 17.7. The first-order chi connectivity index (χ1) is 13.6. The van der Waals surface area contributed by atoms with Crippen molar-refractivity contribution in [2.24, 2.45) is 0 Å². The summed E-state index contributed by atoms with van der Waals surface area (Å²) in [5, 5.41) is 13.3. The molecule has 9 heteroatoms. The van der Waals surface area contributed by atoms with Gasteiger partial charge in [-0.3, -0.25) is 4.79 Å². The van der Waals surface area contributed by atoms with E-state index in [1.54, 1.807) is 24.3 Å². The van der Waals surface area contributed by atoms with Crippen molar-refractivity contribution >= 4 is 40.9 Å². The number of halogens is 2. The summed E-state index contributed by atoms with van der Waals surface area (Å²) in [5.74, 6) is 1.83. The molecule has 6 nitrogen and oxygen atoms in total. The molecular weight excluding hydrogens is 419 g/mol. The SMILES string of the molecule is C=CCn1c(CCCOc2ccc(Cl)cc2Cl)nnc1SCC(=O)NC1CC1. The molecule has 1 aliphatic rings. The minimum atomic E-state index is 0.0375. The summed E-state index contributed by atoms with van der Waals surface area (Å²) in [6.07, 6.45) is 5.40. The van der Waals surface area contributed by atoms with Crippen LogP contribution in [-0.2, 0) is 17.8 Å². The van der Waals surface area contributed by atoms with Gasteiger partial charge in [0.2, 0.25) is 5.91 Å². The van der Waals surface area contributed by atoms with Crippen LogP contribution in [0.3, 0.4) is 0 Å². The van der Waals surface area contributed by atoms with Crippen molar-refractivity contribution < 1.29 is 9.53 Å². The lowest BCUT2D eigenvalue weighted by atomic mass is 10.3. The number of amides is 1. The Balaban J connectivity index is 1.50. The van der Waals surface area contributed by atoms with Crippen molar-refractivity contribution in [3.63, 3.8) is 0 Å². The molecule has 0 unspecified atom stereocenters. The Hall–Kier alpha value is -1.70. The van der Waals surface area contributed by atoms with Crippen molar-refractivity contribution in [3.05, 3.63) is 46.7 Å². The maximum atomic E-state index is 11.9. The summed E-state index contributed by atoms with van der Waals surface area (Å²) in [5.41, 5.74) is 0. The molecular formula is C19H22Cl2N4O2S. The molecule has 0 atom stereocenters. The highest BCUT2D eigenvalue weighted by Gasteiger charge is 2.23. The first-order valence-corrected chi connectivity index (χ1v) is 10.8. The average Bonchev–Trinajstić information content (AvgIpc) is 3.39. The van der Waals surface area contributed by atoms with Crippen LogP contribution in [0.25, 0.3) is 0 Å². The summed E-state index contributed by atoms with van der Waals surface area (Å²) in [7, 11) is 0. The van der Waals surface area contributed by atoms with E-state index in [2.05, 4.69) is 22.1 Å². The van der Waals surface area contributed by atoms with E-state index < -0.39 is 0 Å². The summed E-state index contributed by atoms with van der Waals surface area (Å²) >= 11 is 13.4. The molecule has 3 rings (SSSR count). The van der Waals surface area contributed by atoms with Gasteiger partial charge < -0.3 is 14.6 Å². The number of ether oxygens (including phenoxy) is 1. The summed E-state index contributed by atoms with van der Waals surface area (Å²) in [6, 6.07) is 5.52. The van der Waals surface area contributed by atoms with E-state index in [-0.39, 0.29) is 5.91 Å². The Morgan fingerprint density at radius 2 is 2.21 bits per heavy atom. The second kappa shape index (κ2) is 10.2. The number of rotatable bonds is 11. The molecule has 28 heavy (non-hydrogen) atoms. The van der Waals surface area contributed by atoms with Crippen LogP contribution in [0.15, 0.2) is 36.0 Å². The smallest absolute Gasteiger partial charge is 0.230 e. The van der Waals surface area contributed by atoms with E-state index in [9.17, 15) is 4.79 Å². The zero-order chi connectivity index (χ0) is 19.9. The number of carbonyl (C=O) groups excluding carboxylic acids is 1. The number of allylic oxidation sites excluding steroid dienone is 1. The van der Waals surface area contributed by atoms with Gasteiger partial charge in [0.25, 0.3) is 0 Å². The lowest BCUT2D eigenvalue weighted by Gasteiger charge is -2.09. The number of aromatic nitrogens is 3. The van der Waals surface area contributed by atoms with Crippen molar-refractivity contribution in [2.45, 2.75) is 43.4 Å². The fraction of sp³-hybridized carbons (Fsp3) is 0.421. The topological polar surface area (TPSA) is 69.0 Å². The summed E-state index contributed by atoms with van der Waals surface area (Å²) in [4.78, 5) is 11.9. The Morgan fingerprint density at radius 1 is 1.39 bits per heavy atom. The number of hydrogen-bond donors (Lipinski definition) is 1. The third-order valence-corrected chi connectivity index (χ3v) is 5.57. The maximum absolute atomic E-state index is 11.9. The van der Waals surface area contributed by atoms with Crippen LogP contribution in [0.5, 0.6) is 5.75 Å². The van der Waals surface area contributed by atoms with Crippen LogP contribution >= 0.6 is 35.0 Å². The molecule has 0 bridgehead atoms. The minimum absolute atomic E-state index is 0.0375. The Bertz CT molecular complexity index is 839. The van der Waals surface area contributed by atoms with Crippen molar-refractivity contribution in [1.82, 2.24) is 20.1 Å². The van der Waals surface area contributed by atoms with Gasteiger partial charge in [-0.25, -0.2) is 0 Å². The second-order valence-corrected chi connectivity index (χ2v) is 8.24. The lowest BCUT2D eigenvalue weighted by Crippen LogP contribution is -2.27. The van der Waals surface area contributed by atoms with Crippen molar-refractivity contribution in [2.75, 3.05) is 12.4 Å². The number of carbonyl (C=O) groups is 1. The first-order valence-electron chi connectivity index (χ1n) is 9.10. The molecule has 0 saturated heterocycles. The molecule has 1 aliphatic carbocycles. The van der Waals surface area contributed by atoms with Crippen molar-refractivity contribution in [3.8, 4) is 5.75 Å². The second-order valence-electron chi connectivity index (χ2n) is 6.46. The number of benzene rings is 1. The molecule has 150 valence electrons. The van der Waals surface area contributed by atoms with Crippen LogP contribution in [-0.4, -0.2) is 39.1 Å². The maximum Gasteiger partial charge on any atom is 0.230 e. The standard InChI is InChI=1S/C19H22Cl2N4O2S/c1-2-9-25-17(4-3-10-27-16-8-5-13(20)11-15(16)21)23-24-19(25)28-12-18(26)22-14-6-7-14/h2,5,8,11,14H,1,3-4,6-7,9-10,12H2,(H,22,26). The fourth-order valence-electron chi connectivity index (χ4n) is 2.55. The fourth-order valence-corrected chi connectivity index (χ4v) is 3.80. The van der Waals surface area contributed by atoms with Crippen LogP contribution in [0, 0.1) is 0 Å². The Morgan fingerprint density at radius 3 is 2.93 bits per heavy atom. The number of hydrogen-bond acceptors (Lipinski definition) is 5. The van der Waals surface area contributed by atoms with Crippen LogP contribution in [0.4, 0.5) is 0 Å². The van der Waals surface area contributed by atoms with Crippen LogP contribution in [0.1, 0.15) is 25.1 Å². The van der Waals surface area contributed by atoms with E-state index in [1.165, 1.54) is 11.8 Å². The zero-order valence-electron chi connectivity index (χ0n) is 15.4. The highest BCUT2D eigenvalue weighted by molar-refractivity contribution is 7.99. The van der Waals surface area contributed by atoms with Gasteiger partial charge in [0.05, 0.1) is 17.4 Å². The van der Waals surface area contributed by atoms with Gasteiger partial charge in [0, 0.05) is 24.0 Å². The molecule has 1 aromatic carbocycles. The monoisotopic (exact) mass is 440 g/mol. The number of aryl methyl sites for hydroxylation is 1. The number of nitrogens with zero attached hydrogens (tertiary/aromatic N) is 3. The highest BCUT2D eigenvalue weighted by Crippen LogP contribution is 2.27. The van der Waals surface area contributed by atoms with Gasteiger partial charge in [-0.05, 0) is 37.5 Å². The molecule has 1 heterocycles. The molecule has 1 saturated carbocycles. The molecule has 0 spiro atoms. The van der Waals surface area contributed by atoms with E-state index >= 15 is 0 Å². The number of thioether (sulfide) groups is 1. The highest BCUT2D eigenvalue weighted by atomic mass is 35.5. The largest absolute Gasteiger partial charge is 0.492 e. The van der Waals surface area contributed by atoms with E-state index in [0.29, 0.717) is 47.2 Å². The van der Waals surface area contributed by atoms with Crippen molar-refractivity contribution in [1.29, 1.82) is 0 Å². The normalized spacial score (nSPS) is 13.4. The van der Waals surface area contributed by atoms with Gasteiger partial charge in [0.1, 0.15) is 11.6 Å². The third kappa shape index (κ3) is 6.15. The summed E-state index contributed by atoms with van der Waals surface area (Å²) in [6.45, 7) is 4.89. The molecule has 1 aromatic heterocycles. The predicted molar refractivity (Wildman–Crippen MR) is 112 cm³/mol. The van der Waals surface area contributed by atoms with E-state index in [0.717, 1.165) is 30.2 Å². The third-order valence-electron chi connectivity index (χ3n) is 4.08. The molecule has 1 fully saturated rings. The molecule has 0 radical (unpaired) electrons.